The fourth-order valence-corrected chi connectivity index (χ4v) is 5.61. The molecule has 1 aliphatic heterocycles. The number of hydrogen-bond acceptors (Lipinski definition) is 6. The number of carbonyl (C=O) groups is 2. The number of benzene rings is 2. The van der Waals surface area contributed by atoms with E-state index in [4.69, 9.17) is 0 Å². The molecule has 1 saturated heterocycles. The fourth-order valence-electron chi connectivity index (χ4n) is 4.69. The molecule has 10 heteroatoms. The zero-order valence-electron chi connectivity index (χ0n) is 22.3. The predicted molar refractivity (Wildman–Crippen MR) is 149 cm³/mol. The minimum atomic E-state index is -0.500. The van der Waals surface area contributed by atoms with Crippen LogP contribution in [-0.4, -0.2) is 64.2 Å². The van der Waals surface area contributed by atoms with Gasteiger partial charge in [0, 0.05) is 41.7 Å². The van der Waals surface area contributed by atoms with Crippen molar-refractivity contribution in [2.24, 2.45) is 0 Å². The third kappa shape index (κ3) is 7.48. The number of hydrogen-bond donors (Lipinski definition) is 0. The summed E-state index contributed by atoms with van der Waals surface area (Å²) in [7, 11) is 0. The standard InChI is InChI=1S/C29H33FN4O4S/c1-21-5-8-24(17-26(21)34(37)38)29(36)32(15-14-31-12-3-4-13-31)20-28(35)33(19-27-22(2)11-16-39-27)18-23-6-9-25(30)10-7-23/h5-11,16-17H,3-4,12-15,18-20H2,1-2H3. The minimum Gasteiger partial charge on any atom is -0.332 e. The topological polar surface area (TPSA) is 87.0 Å². The van der Waals surface area contributed by atoms with Crippen molar-refractivity contribution in [1.29, 1.82) is 0 Å². The Kier molecular flexibility index (Phi) is 9.42. The van der Waals surface area contributed by atoms with Gasteiger partial charge in [0.25, 0.3) is 11.6 Å². The Labute approximate surface area is 231 Å². The summed E-state index contributed by atoms with van der Waals surface area (Å²) < 4.78 is 13.5. The molecule has 2 aromatic carbocycles. The highest BCUT2D eigenvalue weighted by atomic mass is 32.1. The molecule has 0 atom stereocenters. The van der Waals surface area contributed by atoms with E-state index >= 15 is 0 Å². The molecule has 0 spiro atoms. The smallest absolute Gasteiger partial charge is 0.273 e. The second kappa shape index (κ2) is 12.9. The maximum absolute atomic E-state index is 13.8. The van der Waals surface area contributed by atoms with Gasteiger partial charge in [0.05, 0.1) is 11.5 Å². The highest BCUT2D eigenvalue weighted by Gasteiger charge is 2.26. The summed E-state index contributed by atoms with van der Waals surface area (Å²) in [5, 5.41) is 13.5. The molecule has 0 radical (unpaired) electrons. The van der Waals surface area contributed by atoms with Crippen molar-refractivity contribution in [2.45, 2.75) is 39.8 Å². The van der Waals surface area contributed by atoms with Gasteiger partial charge in [-0.3, -0.25) is 19.7 Å². The minimum absolute atomic E-state index is 0.127. The van der Waals surface area contributed by atoms with E-state index in [1.807, 2.05) is 18.4 Å². The Morgan fingerprint density at radius 2 is 1.72 bits per heavy atom. The average Bonchev–Trinajstić information content (AvgIpc) is 3.58. The molecule has 0 N–H and O–H groups in total. The van der Waals surface area contributed by atoms with Gasteiger partial charge < -0.3 is 14.7 Å². The first-order valence-electron chi connectivity index (χ1n) is 13.0. The first-order chi connectivity index (χ1) is 18.7. The third-order valence-corrected chi connectivity index (χ3v) is 8.10. The van der Waals surface area contributed by atoms with Crippen LogP contribution in [0.5, 0.6) is 0 Å². The van der Waals surface area contributed by atoms with E-state index in [1.54, 1.807) is 47.4 Å². The number of rotatable bonds is 11. The number of likely N-dealkylation sites (tertiary alicyclic amines) is 1. The van der Waals surface area contributed by atoms with E-state index in [0.29, 0.717) is 25.2 Å². The van der Waals surface area contributed by atoms with Crippen molar-refractivity contribution in [3.8, 4) is 0 Å². The molecule has 206 valence electrons. The lowest BCUT2D eigenvalue weighted by Gasteiger charge is -2.29. The largest absolute Gasteiger partial charge is 0.332 e. The molecule has 1 fully saturated rings. The Morgan fingerprint density at radius 3 is 2.36 bits per heavy atom. The number of nitro benzene ring substituents is 1. The van der Waals surface area contributed by atoms with Crippen LogP contribution in [0, 0.1) is 29.8 Å². The zero-order valence-corrected chi connectivity index (χ0v) is 23.1. The first-order valence-corrected chi connectivity index (χ1v) is 13.9. The van der Waals surface area contributed by atoms with Gasteiger partial charge in [0.15, 0.2) is 0 Å². The van der Waals surface area contributed by atoms with Crippen LogP contribution in [0.1, 0.15) is 44.8 Å². The molecule has 2 heterocycles. The fraction of sp³-hybridized carbons (Fsp3) is 0.379. The number of nitrogens with zero attached hydrogens (tertiary/aromatic N) is 4. The van der Waals surface area contributed by atoms with Crippen molar-refractivity contribution in [3.63, 3.8) is 0 Å². The van der Waals surface area contributed by atoms with Crippen LogP contribution in [-0.2, 0) is 17.9 Å². The maximum atomic E-state index is 13.8. The van der Waals surface area contributed by atoms with Gasteiger partial charge in [0.2, 0.25) is 5.91 Å². The van der Waals surface area contributed by atoms with Crippen molar-refractivity contribution < 1.29 is 18.9 Å². The zero-order chi connectivity index (χ0) is 27.9. The van der Waals surface area contributed by atoms with Crippen molar-refractivity contribution in [2.75, 3.05) is 32.7 Å². The second-order valence-electron chi connectivity index (χ2n) is 9.94. The Morgan fingerprint density at radius 1 is 1.00 bits per heavy atom. The van der Waals surface area contributed by atoms with Gasteiger partial charge in [-0.25, -0.2) is 4.39 Å². The average molecular weight is 553 g/mol. The summed E-state index contributed by atoms with van der Waals surface area (Å²) in [5.41, 5.74) is 2.38. The molecule has 2 amide bonds. The lowest BCUT2D eigenvalue weighted by atomic mass is 10.1. The first kappa shape index (κ1) is 28.4. The lowest BCUT2D eigenvalue weighted by molar-refractivity contribution is -0.385. The van der Waals surface area contributed by atoms with Crippen LogP contribution >= 0.6 is 11.3 Å². The summed E-state index contributed by atoms with van der Waals surface area (Å²) >= 11 is 1.56. The van der Waals surface area contributed by atoms with Crippen LogP contribution in [0.3, 0.4) is 0 Å². The SMILES string of the molecule is Cc1ccc(C(=O)N(CCN2CCCC2)CC(=O)N(Cc2ccc(F)cc2)Cc2sccc2C)cc1[N+](=O)[O-]. The van der Waals surface area contributed by atoms with Gasteiger partial charge in [-0.2, -0.15) is 0 Å². The molecule has 1 aromatic heterocycles. The third-order valence-electron chi connectivity index (χ3n) is 7.09. The van der Waals surface area contributed by atoms with Gasteiger partial charge in [-0.15, -0.1) is 11.3 Å². The highest BCUT2D eigenvalue weighted by molar-refractivity contribution is 7.10. The number of amides is 2. The van der Waals surface area contributed by atoms with Crippen LogP contribution in [0.2, 0.25) is 0 Å². The van der Waals surface area contributed by atoms with Crippen molar-refractivity contribution >= 4 is 28.8 Å². The van der Waals surface area contributed by atoms with E-state index < -0.39 is 10.8 Å². The molecule has 0 saturated carbocycles. The molecule has 0 bridgehead atoms. The number of carbonyl (C=O) groups excluding carboxylic acids is 2. The van der Waals surface area contributed by atoms with Gasteiger partial charge in [-0.1, -0.05) is 18.2 Å². The molecule has 0 aliphatic carbocycles. The predicted octanol–water partition coefficient (Wildman–Crippen LogP) is 5.18. The van der Waals surface area contributed by atoms with Crippen LogP contribution in [0.15, 0.2) is 53.9 Å². The van der Waals surface area contributed by atoms with Crippen molar-refractivity contribution in [3.05, 3.63) is 97.0 Å². The monoisotopic (exact) mass is 552 g/mol. The van der Waals surface area contributed by atoms with Gasteiger partial charge in [0.1, 0.15) is 12.4 Å². The van der Waals surface area contributed by atoms with Crippen LogP contribution in [0.25, 0.3) is 0 Å². The summed E-state index contributed by atoms with van der Waals surface area (Å²) in [6.45, 7) is 6.91. The Bertz CT molecular complexity index is 1320. The molecular weight excluding hydrogens is 519 g/mol. The van der Waals surface area contributed by atoms with E-state index in [0.717, 1.165) is 41.9 Å². The van der Waals surface area contributed by atoms with E-state index in [1.165, 1.54) is 23.1 Å². The molecule has 1 aliphatic rings. The molecular formula is C29H33FN4O4S. The van der Waals surface area contributed by atoms with Crippen LogP contribution < -0.4 is 0 Å². The normalized spacial score (nSPS) is 13.4. The van der Waals surface area contributed by atoms with Gasteiger partial charge in [-0.05, 0) is 80.6 Å². The molecule has 39 heavy (non-hydrogen) atoms. The van der Waals surface area contributed by atoms with Crippen LogP contribution in [0.4, 0.5) is 10.1 Å². The Hall–Kier alpha value is -3.63. The van der Waals surface area contributed by atoms with Gasteiger partial charge >= 0.3 is 0 Å². The van der Waals surface area contributed by atoms with E-state index in [2.05, 4.69) is 4.90 Å². The molecule has 0 unspecified atom stereocenters. The summed E-state index contributed by atoms with van der Waals surface area (Å²) in [4.78, 5) is 44.9. The number of thiophene rings is 1. The maximum Gasteiger partial charge on any atom is 0.273 e. The van der Waals surface area contributed by atoms with Crippen molar-refractivity contribution in [1.82, 2.24) is 14.7 Å². The van der Waals surface area contributed by atoms with E-state index in [9.17, 15) is 24.1 Å². The summed E-state index contributed by atoms with van der Waals surface area (Å²) in [6.07, 6.45) is 2.20. The summed E-state index contributed by atoms with van der Waals surface area (Å²) in [6, 6.07) is 12.5. The summed E-state index contributed by atoms with van der Waals surface area (Å²) in [5.74, 6) is -1.01. The molecule has 8 nitrogen and oxygen atoms in total. The lowest BCUT2D eigenvalue weighted by Crippen LogP contribution is -2.45. The second-order valence-corrected chi connectivity index (χ2v) is 10.9. The Balaban J connectivity index is 1.58. The quantitative estimate of drug-likeness (QED) is 0.242. The molecule has 3 aromatic rings. The highest BCUT2D eigenvalue weighted by Crippen LogP contribution is 2.22. The number of halogens is 1. The molecule has 4 rings (SSSR count). The number of aryl methyl sites for hydroxylation is 2. The van der Waals surface area contributed by atoms with E-state index in [-0.39, 0.29) is 36.1 Å². The number of nitro groups is 1.